The Kier molecular flexibility index (Phi) is 6.12. The molecule has 0 radical (unpaired) electrons. The maximum atomic E-state index is 12.9. The number of alkyl halides is 3. The summed E-state index contributed by atoms with van der Waals surface area (Å²) in [6, 6.07) is 1.68. The summed E-state index contributed by atoms with van der Waals surface area (Å²) < 4.78 is 74.9. The first-order chi connectivity index (χ1) is 14.8. The van der Waals surface area contributed by atoms with Gasteiger partial charge in [0.2, 0.25) is 5.96 Å². The van der Waals surface area contributed by atoms with Crippen molar-refractivity contribution in [3.63, 3.8) is 0 Å². The fraction of sp³-hybridized carbons (Fsp3) is 0.267. The summed E-state index contributed by atoms with van der Waals surface area (Å²) >= 11 is 6.15. The van der Waals surface area contributed by atoms with E-state index in [1.165, 1.54) is 25.9 Å². The number of halogens is 4. The van der Waals surface area contributed by atoms with Crippen molar-refractivity contribution in [1.82, 2.24) is 26.6 Å². The number of amides is 1. The maximum absolute atomic E-state index is 12.9. The van der Waals surface area contributed by atoms with Gasteiger partial charge in [0.25, 0.3) is 15.9 Å². The van der Waals surface area contributed by atoms with Gasteiger partial charge in [-0.1, -0.05) is 16.8 Å². The number of carbonyl (C=O) groups excluding carboxylic acids is 1. The normalized spacial score (nSPS) is 14.1. The number of aryl methyl sites for hydroxylation is 2. The lowest BCUT2D eigenvalue weighted by molar-refractivity contribution is -0.274. The predicted octanol–water partition coefficient (Wildman–Crippen LogP) is 1.60. The highest BCUT2D eigenvalue weighted by Gasteiger charge is 2.35. The van der Waals surface area contributed by atoms with E-state index in [2.05, 4.69) is 31.4 Å². The Morgan fingerprint density at radius 3 is 2.53 bits per heavy atom. The van der Waals surface area contributed by atoms with Gasteiger partial charge in [-0.05, 0) is 26.0 Å². The maximum Gasteiger partial charge on any atom is 0.573 e. The standard InChI is InChI=1S/C15H15ClF3N7O5S/c1-6-12(7(2)31-22-6)32(28,29)23-11-9(30-15(17,18)19)5-4-8(10(11)16)13(27)20-14-21-24-25-26(14)3/h4-5,23-25H,1-3H3,(H,20,21,27). The Labute approximate surface area is 183 Å². The first-order valence-corrected chi connectivity index (χ1v) is 10.3. The van der Waals surface area contributed by atoms with Crippen LogP contribution in [0.15, 0.2) is 26.7 Å². The van der Waals surface area contributed by atoms with E-state index in [0.717, 1.165) is 12.1 Å². The summed E-state index contributed by atoms with van der Waals surface area (Å²) in [5, 5.41) is 10.2. The Hall–Kier alpha value is -3.24. The van der Waals surface area contributed by atoms with Gasteiger partial charge in [-0.3, -0.25) is 19.8 Å². The van der Waals surface area contributed by atoms with Crippen molar-refractivity contribution in [2.75, 3.05) is 11.8 Å². The highest BCUT2D eigenvalue weighted by molar-refractivity contribution is 7.92. The number of hydrogen-bond donors (Lipinski definition) is 4. The largest absolute Gasteiger partial charge is 0.573 e. The van der Waals surface area contributed by atoms with Crippen molar-refractivity contribution < 1.29 is 35.6 Å². The second-order valence-corrected chi connectivity index (χ2v) is 8.28. The molecule has 2 heterocycles. The van der Waals surface area contributed by atoms with Gasteiger partial charge < -0.3 is 9.26 Å². The van der Waals surface area contributed by atoms with Crippen molar-refractivity contribution in [2.45, 2.75) is 25.1 Å². The molecule has 0 aliphatic carbocycles. The highest BCUT2D eigenvalue weighted by atomic mass is 35.5. The number of ether oxygens (including phenoxy) is 1. The van der Waals surface area contributed by atoms with Crippen LogP contribution in [-0.2, 0) is 10.0 Å². The SMILES string of the molecule is Cc1noc(C)c1S(=O)(=O)Nc1c(OC(F)(F)F)ccc(C(=O)NC2=NNNN2C)c1Cl. The average molecular weight is 498 g/mol. The molecule has 1 amide bonds. The highest BCUT2D eigenvalue weighted by Crippen LogP contribution is 2.40. The summed E-state index contributed by atoms with van der Waals surface area (Å²) in [6.07, 6.45) is -5.17. The molecular weight excluding hydrogens is 483 g/mol. The minimum atomic E-state index is -5.17. The summed E-state index contributed by atoms with van der Waals surface area (Å²) in [5.41, 5.74) is 3.67. The zero-order valence-electron chi connectivity index (χ0n) is 16.5. The van der Waals surface area contributed by atoms with E-state index in [9.17, 15) is 26.4 Å². The lowest BCUT2D eigenvalue weighted by Gasteiger charge is -2.18. The van der Waals surface area contributed by atoms with Gasteiger partial charge in [-0.25, -0.2) is 14.0 Å². The molecule has 1 aromatic heterocycles. The molecule has 0 atom stereocenters. The third-order valence-corrected chi connectivity index (χ3v) is 5.96. The van der Waals surface area contributed by atoms with E-state index in [4.69, 9.17) is 16.1 Å². The topological polar surface area (TPSA) is 150 Å². The number of hydrazine groups is 2. The minimum absolute atomic E-state index is 0.0135. The third kappa shape index (κ3) is 4.81. The second-order valence-electron chi connectivity index (χ2n) is 6.28. The molecule has 4 N–H and O–H groups in total. The number of aromatic nitrogens is 1. The number of hydrazone groups is 1. The molecule has 0 saturated carbocycles. The molecule has 0 unspecified atom stereocenters. The van der Waals surface area contributed by atoms with Crippen LogP contribution < -0.4 is 25.8 Å². The number of hydrogen-bond acceptors (Lipinski definition) is 10. The fourth-order valence-corrected chi connectivity index (χ4v) is 4.40. The Balaban J connectivity index is 2.05. The number of rotatable bonds is 5. The number of guanidine groups is 1. The first-order valence-electron chi connectivity index (χ1n) is 8.47. The van der Waals surface area contributed by atoms with Gasteiger partial charge in [0.1, 0.15) is 11.4 Å². The number of sulfonamides is 1. The average Bonchev–Trinajstić information content (AvgIpc) is 3.22. The van der Waals surface area contributed by atoms with Crippen LogP contribution in [0.3, 0.4) is 0 Å². The van der Waals surface area contributed by atoms with E-state index in [1.54, 1.807) is 0 Å². The lowest BCUT2D eigenvalue weighted by atomic mass is 10.1. The van der Waals surface area contributed by atoms with Crippen LogP contribution in [-0.4, -0.2) is 43.9 Å². The van der Waals surface area contributed by atoms with Crippen LogP contribution in [0.5, 0.6) is 5.75 Å². The van der Waals surface area contributed by atoms with Crippen molar-refractivity contribution in [1.29, 1.82) is 0 Å². The van der Waals surface area contributed by atoms with Crippen LogP contribution in [0.2, 0.25) is 5.02 Å². The van der Waals surface area contributed by atoms with E-state index < -0.39 is 43.6 Å². The van der Waals surface area contributed by atoms with Crippen LogP contribution >= 0.6 is 11.6 Å². The molecule has 174 valence electrons. The third-order valence-electron chi connectivity index (χ3n) is 3.97. The van der Waals surface area contributed by atoms with Gasteiger partial charge in [-0.2, -0.15) is 0 Å². The molecule has 1 aliphatic rings. The zero-order chi connectivity index (χ0) is 23.8. The molecule has 0 fully saturated rings. The Bertz CT molecular complexity index is 1180. The number of benzene rings is 1. The molecule has 0 bridgehead atoms. The number of nitrogens with zero attached hydrogens (tertiary/aromatic N) is 3. The van der Waals surface area contributed by atoms with Crippen LogP contribution in [0.25, 0.3) is 0 Å². The number of anilines is 1. The van der Waals surface area contributed by atoms with Crippen molar-refractivity contribution in [3.05, 3.63) is 34.2 Å². The van der Waals surface area contributed by atoms with Crippen molar-refractivity contribution >= 4 is 39.2 Å². The fourth-order valence-electron chi connectivity index (χ4n) is 2.64. The molecule has 1 aliphatic heterocycles. The number of nitrogens with one attached hydrogen (secondary N) is 4. The zero-order valence-corrected chi connectivity index (χ0v) is 18.0. The monoisotopic (exact) mass is 497 g/mol. The van der Waals surface area contributed by atoms with Gasteiger partial charge >= 0.3 is 6.36 Å². The van der Waals surface area contributed by atoms with Crippen LogP contribution in [0.1, 0.15) is 21.8 Å². The van der Waals surface area contributed by atoms with E-state index in [0.29, 0.717) is 0 Å². The quantitative estimate of drug-likeness (QED) is 0.483. The summed E-state index contributed by atoms with van der Waals surface area (Å²) in [4.78, 5) is 12.2. The van der Waals surface area contributed by atoms with Gasteiger partial charge in [0.05, 0.1) is 10.6 Å². The van der Waals surface area contributed by atoms with E-state index >= 15 is 0 Å². The van der Waals surface area contributed by atoms with E-state index in [-0.39, 0.29) is 23.0 Å². The lowest BCUT2D eigenvalue weighted by Crippen LogP contribution is -2.45. The molecular formula is C15H15ClF3N7O5S. The van der Waals surface area contributed by atoms with Crippen LogP contribution in [0.4, 0.5) is 18.9 Å². The number of carbonyl (C=O) groups is 1. The molecule has 17 heteroatoms. The molecule has 2 aromatic rings. The molecule has 1 aromatic carbocycles. The van der Waals surface area contributed by atoms with Crippen molar-refractivity contribution in [2.24, 2.45) is 5.10 Å². The molecule has 0 spiro atoms. The predicted molar refractivity (Wildman–Crippen MR) is 104 cm³/mol. The van der Waals surface area contributed by atoms with Crippen LogP contribution in [0, 0.1) is 13.8 Å². The van der Waals surface area contributed by atoms with Gasteiger partial charge in [0.15, 0.2) is 16.4 Å². The molecule has 3 rings (SSSR count). The first kappa shape index (κ1) is 23.4. The molecule has 0 saturated heterocycles. The second kappa shape index (κ2) is 8.36. The Morgan fingerprint density at radius 2 is 2.00 bits per heavy atom. The summed E-state index contributed by atoms with van der Waals surface area (Å²) in [6.45, 7) is 2.62. The summed E-state index contributed by atoms with van der Waals surface area (Å²) in [5.74, 6) is -1.96. The van der Waals surface area contributed by atoms with Gasteiger partial charge in [-0.15, -0.1) is 23.8 Å². The molecule has 12 nitrogen and oxygen atoms in total. The summed E-state index contributed by atoms with van der Waals surface area (Å²) in [7, 11) is -3.02. The Morgan fingerprint density at radius 1 is 1.31 bits per heavy atom. The smallest absolute Gasteiger partial charge is 0.403 e. The molecule has 32 heavy (non-hydrogen) atoms. The van der Waals surface area contributed by atoms with E-state index in [1.807, 2.05) is 4.72 Å². The minimum Gasteiger partial charge on any atom is -0.403 e. The van der Waals surface area contributed by atoms with Gasteiger partial charge in [0, 0.05) is 7.05 Å². The van der Waals surface area contributed by atoms with Crippen molar-refractivity contribution in [3.8, 4) is 5.75 Å².